The van der Waals surface area contributed by atoms with Crippen molar-refractivity contribution in [1.29, 1.82) is 0 Å². The molecule has 1 atom stereocenters. The summed E-state index contributed by atoms with van der Waals surface area (Å²) in [6.45, 7) is 1.34. The van der Waals surface area contributed by atoms with Crippen molar-refractivity contribution in [3.63, 3.8) is 0 Å². The monoisotopic (exact) mass is 424 g/mol. The third-order valence-corrected chi connectivity index (χ3v) is 3.69. The zero-order valence-corrected chi connectivity index (χ0v) is 15.1. The number of rotatable bonds is 4. The van der Waals surface area contributed by atoms with Gasteiger partial charge >= 0.3 is 0 Å². The molecule has 2 aromatic rings. The first kappa shape index (κ1) is 17.5. The average Bonchev–Trinajstić information content (AvgIpc) is 2.56. The number of para-hydroxylation sites is 1. The minimum atomic E-state index is 0. The molecule has 23 heavy (non-hydrogen) atoms. The number of ether oxygens (including phenoxy) is 1. The first-order valence-electron chi connectivity index (χ1n) is 7.50. The van der Waals surface area contributed by atoms with Gasteiger partial charge in [-0.1, -0.05) is 24.3 Å². The van der Waals surface area contributed by atoms with Gasteiger partial charge in [-0.2, -0.15) is 0 Å². The number of halogens is 1. The smallest absolute Gasteiger partial charge is 0.189 e. The van der Waals surface area contributed by atoms with Crippen molar-refractivity contribution < 1.29 is 4.74 Å². The van der Waals surface area contributed by atoms with Crippen molar-refractivity contribution >= 4 is 29.9 Å². The Balaban J connectivity index is 0.00000192. The fourth-order valence-electron chi connectivity index (χ4n) is 2.57. The van der Waals surface area contributed by atoms with Crippen LogP contribution < -0.4 is 15.8 Å². The summed E-state index contributed by atoms with van der Waals surface area (Å²) in [6, 6.07) is 12.2. The molecular weight excluding hydrogens is 403 g/mol. The van der Waals surface area contributed by atoms with Crippen molar-refractivity contribution in [1.82, 2.24) is 10.3 Å². The van der Waals surface area contributed by atoms with E-state index in [2.05, 4.69) is 21.4 Å². The SMILES string of the molecule is I.NC(=NCCc1cccnc1)NC1CCOc2ccccc21. The lowest BCUT2D eigenvalue weighted by molar-refractivity contribution is 0.262. The molecule has 0 fully saturated rings. The summed E-state index contributed by atoms with van der Waals surface area (Å²) < 4.78 is 5.65. The highest BCUT2D eigenvalue weighted by atomic mass is 127. The van der Waals surface area contributed by atoms with E-state index >= 15 is 0 Å². The number of nitrogens with two attached hydrogens (primary N) is 1. The van der Waals surface area contributed by atoms with Gasteiger partial charge in [-0.15, -0.1) is 24.0 Å². The Morgan fingerprint density at radius 3 is 3.00 bits per heavy atom. The van der Waals surface area contributed by atoms with E-state index < -0.39 is 0 Å². The van der Waals surface area contributed by atoms with Crippen LogP contribution in [0, 0.1) is 0 Å². The molecule has 0 saturated heterocycles. The predicted octanol–water partition coefficient (Wildman–Crippen LogP) is 2.67. The largest absolute Gasteiger partial charge is 0.493 e. The van der Waals surface area contributed by atoms with Crippen molar-refractivity contribution in [2.24, 2.45) is 10.7 Å². The van der Waals surface area contributed by atoms with Gasteiger partial charge in [0.05, 0.1) is 12.6 Å². The molecule has 6 heteroatoms. The second kappa shape index (κ2) is 8.71. The van der Waals surface area contributed by atoms with Crippen LogP contribution >= 0.6 is 24.0 Å². The lowest BCUT2D eigenvalue weighted by atomic mass is 10.0. The Kier molecular flexibility index (Phi) is 6.64. The van der Waals surface area contributed by atoms with Gasteiger partial charge in [-0.3, -0.25) is 9.98 Å². The molecule has 0 radical (unpaired) electrons. The minimum absolute atomic E-state index is 0. The molecule has 0 aliphatic carbocycles. The fourth-order valence-corrected chi connectivity index (χ4v) is 2.57. The Hall–Kier alpha value is -1.83. The molecule has 1 aliphatic heterocycles. The van der Waals surface area contributed by atoms with Crippen LogP contribution in [0.25, 0.3) is 0 Å². The van der Waals surface area contributed by atoms with Crippen molar-refractivity contribution in [2.45, 2.75) is 18.9 Å². The van der Waals surface area contributed by atoms with Crippen LogP contribution in [0.2, 0.25) is 0 Å². The Bertz CT molecular complexity index is 648. The lowest BCUT2D eigenvalue weighted by Gasteiger charge is -2.26. The van der Waals surface area contributed by atoms with Gasteiger partial charge in [-0.05, 0) is 24.1 Å². The molecule has 122 valence electrons. The number of hydrogen-bond donors (Lipinski definition) is 2. The molecule has 1 aromatic carbocycles. The molecule has 1 aromatic heterocycles. The zero-order chi connectivity index (χ0) is 15.2. The topological polar surface area (TPSA) is 72.5 Å². The third-order valence-electron chi connectivity index (χ3n) is 3.69. The fraction of sp³-hybridized carbons (Fsp3) is 0.294. The number of aromatic nitrogens is 1. The van der Waals surface area contributed by atoms with E-state index in [0.29, 0.717) is 19.1 Å². The van der Waals surface area contributed by atoms with Gasteiger partial charge in [0.15, 0.2) is 5.96 Å². The first-order valence-corrected chi connectivity index (χ1v) is 7.50. The minimum Gasteiger partial charge on any atom is -0.493 e. The van der Waals surface area contributed by atoms with E-state index in [0.717, 1.165) is 29.7 Å². The van der Waals surface area contributed by atoms with Crippen LogP contribution in [0.1, 0.15) is 23.6 Å². The summed E-state index contributed by atoms with van der Waals surface area (Å²) in [4.78, 5) is 8.49. The van der Waals surface area contributed by atoms with Gasteiger partial charge in [0.1, 0.15) is 5.75 Å². The summed E-state index contributed by atoms with van der Waals surface area (Å²) >= 11 is 0. The van der Waals surface area contributed by atoms with Gasteiger partial charge in [-0.25, -0.2) is 0 Å². The van der Waals surface area contributed by atoms with Crippen molar-refractivity contribution in [3.05, 3.63) is 59.9 Å². The van der Waals surface area contributed by atoms with E-state index in [1.807, 2.05) is 36.5 Å². The highest BCUT2D eigenvalue weighted by Gasteiger charge is 2.20. The number of nitrogens with one attached hydrogen (secondary N) is 1. The summed E-state index contributed by atoms with van der Waals surface area (Å²) in [5.41, 5.74) is 8.31. The summed E-state index contributed by atoms with van der Waals surface area (Å²) in [5.74, 6) is 1.40. The maximum absolute atomic E-state index is 6.01. The first-order chi connectivity index (χ1) is 10.8. The van der Waals surface area contributed by atoms with E-state index in [1.165, 1.54) is 0 Å². The highest BCUT2D eigenvalue weighted by molar-refractivity contribution is 14.0. The second-order valence-corrected chi connectivity index (χ2v) is 5.25. The zero-order valence-electron chi connectivity index (χ0n) is 12.8. The maximum atomic E-state index is 6.01. The summed E-state index contributed by atoms with van der Waals surface area (Å²) in [7, 11) is 0. The predicted molar refractivity (Wildman–Crippen MR) is 102 cm³/mol. The maximum Gasteiger partial charge on any atom is 0.189 e. The van der Waals surface area contributed by atoms with E-state index in [9.17, 15) is 0 Å². The number of benzene rings is 1. The molecule has 5 nitrogen and oxygen atoms in total. The number of hydrogen-bond acceptors (Lipinski definition) is 3. The molecule has 0 bridgehead atoms. The average molecular weight is 424 g/mol. The Morgan fingerprint density at radius 1 is 1.30 bits per heavy atom. The number of nitrogens with zero attached hydrogens (tertiary/aromatic N) is 2. The molecule has 2 heterocycles. The van der Waals surface area contributed by atoms with Crippen LogP contribution in [-0.2, 0) is 6.42 Å². The van der Waals surface area contributed by atoms with Crippen molar-refractivity contribution in [2.75, 3.05) is 13.2 Å². The molecule has 1 unspecified atom stereocenters. The van der Waals surface area contributed by atoms with Gasteiger partial charge < -0.3 is 15.8 Å². The molecule has 3 N–H and O–H groups in total. The molecule has 1 aliphatic rings. The standard InChI is InChI=1S/C17H20N4O.HI/c18-17(20-10-7-13-4-3-9-19-12-13)21-15-8-11-22-16-6-2-1-5-14(15)16;/h1-6,9,12,15H,7-8,10-11H2,(H3,18,20,21);1H. The molecule has 0 spiro atoms. The van der Waals surface area contributed by atoms with Crippen LogP contribution in [0.3, 0.4) is 0 Å². The Labute approximate surface area is 153 Å². The summed E-state index contributed by atoms with van der Waals surface area (Å²) in [5, 5.41) is 3.29. The molecule has 0 saturated carbocycles. The second-order valence-electron chi connectivity index (χ2n) is 5.25. The van der Waals surface area contributed by atoms with Crippen LogP contribution in [-0.4, -0.2) is 24.1 Å². The highest BCUT2D eigenvalue weighted by Crippen LogP contribution is 2.31. The Morgan fingerprint density at radius 2 is 2.17 bits per heavy atom. The molecular formula is C17H21IN4O. The normalized spacial score (nSPS) is 16.7. The quantitative estimate of drug-likeness (QED) is 0.450. The van der Waals surface area contributed by atoms with Crippen LogP contribution in [0.4, 0.5) is 0 Å². The molecule has 0 amide bonds. The lowest BCUT2D eigenvalue weighted by Crippen LogP contribution is -2.37. The van der Waals surface area contributed by atoms with Crippen molar-refractivity contribution in [3.8, 4) is 5.75 Å². The van der Waals surface area contributed by atoms with Gasteiger partial charge in [0.2, 0.25) is 0 Å². The third kappa shape index (κ3) is 4.82. The number of pyridine rings is 1. The number of aliphatic imine (C=N–C) groups is 1. The van der Waals surface area contributed by atoms with Crippen LogP contribution in [0.5, 0.6) is 5.75 Å². The van der Waals surface area contributed by atoms with E-state index in [-0.39, 0.29) is 30.0 Å². The van der Waals surface area contributed by atoms with Gasteiger partial charge in [0, 0.05) is 30.9 Å². The van der Waals surface area contributed by atoms with E-state index in [4.69, 9.17) is 10.5 Å². The number of fused-ring (bicyclic) bond motifs is 1. The summed E-state index contributed by atoms with van der Waals surface area (Å²) in [6.07, 6.45) is 5.34. The molecule has 3 rings (SSSR count). The van der Waals surface area contributed by atoms with Crippen LogP contribution in [0.15, 0.2) is 53.8 Å². The van der Waals surface area contributed by atoms with E-state index in [1.54, 1.807) is 6.20 Å². The number of guanidine groups is 1. The van der Waals surface area contributed by atoms with Gasteiger partial charge in [0.25, 0.3) is 0 Å².